The van der Waals surface area contributed by atoms with Crippen LogP contribution < -0.4 is 0 Å². The van der Waals surface area contributed by atoms with Crippen LogP contribution >= 0.6 is 0 Å². The average Bonchev–Trinajstić information content (AvgIpc) is 3.02. The van der Waals surface area contributed by atoms with Gasteiger partial charge in [-0.3, -0.25) is 4.79 Å². The first-order chi connectivity index (χ1) is 13.7. The second-order valence-corrected chi connectivity index (χ2v) is 11.9. The molecular formula is C28H44O. The van der Waals surface area contributed by atoms with Gasteiger partial charge in [0.15, 0.2) is 0 Å². The third kappa shape index (κ3) is 3.39. The fourth-order valence-corrected chi connectivity index (χ4v) is 8.54. The minimum Gasteiger partial charge on any atom is -0.299 e. The van der Waals surface area contributed by atoms with Gasteiger partial charge in [-0.15, -0.1) is 0 Å². The van der Waals surface area contributed by atoms with Crippen molar-refractivity contribution in [2.24, 2.45) is 40.4 Å². The number of carbonyl (C=O) groups is 1. The van der Waals surface area contributed by atoms with Crippen molar-refractivity contribution in [2.75, 3.05) is 0 Å². The van der Waals surface area contributed by atoms with Crippen molar-refractivity contribution in [3.63, 3.8) is 0 Å². The van der Waals surface area contributed by atoms with Gasteiger partial charge in [-0.25, -0.2) is 0 Å². The summed E-state index contributed by atoms with van der Waals surface area (Å²) in [5.74, 6) is 3.97. The summed E-state index contributed by atoms with van der Waals surface area (Å²) in [6.45, 7) is 14.4. The van der Waals surface area contributed by atoms with Crippen LogP contribution in [0.4, 0.5) is 0 Å². The van der Waals surface area contributed by atoms with E-state index in [1.54, 1.807) is 0 Å². The normalized spacial score (nSPS) is 42.8. The van der Waals surface area contributed by atoms with Crippen molar-refractivity contribution < 1.29 is 4.79 Å². The molecule has 1 unspecified atom stereocenters. The monoisotopic (exact) mass is 396 g/mol. The Bertz CT molecular complexity index is 723. The highest BCUT2D eigenvalue weighted by molar-refractivity contribution is 5.82. The van der Waals surface area contributed by atoms with Crippen LogP contribution in [-0.2, 0) is 4.79 Å². The Morgan fingerprint density at radius 3 is 2.59 bits per heavy atom. The molecule has 29 heavy (non-hydrogen) atoms. The first-order valence-corrected chi connectivity index (χ1v) is 12.6. The van der Waals surface area contributed by atoms with Crippen molar-refractivity contribution in [3.05, 3.63) is 22.8 Å². The second-order valence-electron chi connectivity index (χ2n) is 11.9. The lowest BCUT2D eigenvalue weighted by atomic mass is 9.49. The molecule has 0 spiro atoms. The topological polar surface area (TPSA) is 17.1 Å². The quantitative estimate of drug-likeness (QED) is 0.441. The SMILES string of the molecule is CC(C)=CCC[C@@H](C)[C@H]1CC[C@H]2C3=C(CC[C@]12C)[C@@]1(C)CCC(=O)[C@@H](C)C1CC3. The van der Waals surface area contributed by atoms with Crippen LogP contribution in [0, 0.1) is 40.4 Å². The molecule has 0 heterocycles. The van der Waals surface area contributed by atoms with Crippen LogP contribution in [0.15, 0.2) is 22.8 Å². The number of hydrogen-bond acceptors (Lipinski definition) is 1. The Morgan fingerprint density at radius 1 is 1.10 bits per heavy atom. The summed E-state index contributed by atoms with van der Waals surface area (Å²) in [6.07, 6.45) is 15.1. The molecule has 2 saturated carbocycles. The summed E-state index contributed by atoms with van der Waals surface area (Å²) in [5.41, 5.74) is 5.99. The predicted octanol–water partition coefficient (Wildman–Crippen LogP) is 7.91. The number of carbonyl (C=O) groups excluding carboxylic acids is 1. The summed E-state index contributed by atoms with van der Waals surface area (Å²) in [5, 5.41) is 0. The molecule has 0 saturated heterocycles. The van der Waals surface area contributed by atoms with Crippen LogP contribution in [0.1, 0.15) is 106 Å². The molecule has 0 aromatic rings. The summed E-state index contributed by atoms with van der Waals surface area (Å²) < 4.78 is 0. The van der Waals surface area contributed by atoms with Gasteiger partial charge in [0, 0.05) is 12.3 Å². The molecule has 0 bridgehead atoms. The molecule has 162 valence electrons. The molecule has 4 rings (SSSR count). The number of hydrogen-bond donors (Lipinski definition) is 0. The van der Waals surface area contributed by atoms with Gasteiger partial charge in [-0.1, -0.05) is 50.5 Å². The van der Waals surface area contributed by atoms with Crippen LogP contribution in [-0.4, -0.2) is 5.78 Å². The van der Waals surface area contributed by atoms with Gasteiger partial charge in [-0.05, 0) is 106 Å². The molecule has 7 atom stereocenters. The Labute approximate surface area is 179 Å². The molecule has 0 aromatic carbocycles. The van der Waals surface area contributed by atoms with E-state index in [9.17, 15) is 4.79 Å². The number of ketones is 1. The van der Waals surface area contributed by atoms with Gasteiger partial charge in [0.2, 0.25) is 0 Å². The van der Waals surface area contributed by atoms with Gasteiger partial charge in [-0.2, -0.15) is 0 Å². The largest absolute Gasteiger partial charge is 0.299 e. The summed E-state index contributed by atoms with van der Waals surface area (Å²) in [6, 6.07) is 0. The zero-order valence-electron chi connectivity index (χ0n) is 19.9. The van der Waals surface area contributed by atoms with Crippen molar-refractivity contribution in [1.82, 2.24) is 0 Å². The van der Waals surface area contributed by atoms with E-state index in [1.807, 2.05) is 11.1 Å². The highest BCUT2D eigenvalue weighted by Gasteiger charge is 2.56. The van der Waals surface area contributed by atoms with E-state index in [2.05, 4.69) is 47.6 Å². The van der Waals surface area contributed by atoms with Gasteiger partial charge < -0.3 is 0 Å². The highest BCUT2D eigenvalue weighted by atomic mass is 16.1. The van der Waals surface area contributed by atoms with E-state index in [-0.39, 0.29) is 5.92 Å². The lowest BCUT2D eigenvalue weighted by molar-refractivity contribution is -0.130. The Morgan fingerprint density at radius 2 is 1.86 bits per heavy atom. The first-order valence-electron chi connectivity index (χ1n) is 12.6. The van der Waals surface area contributed by atoms with Crippen molar-refractivity contribution >= 4 is 5.78 Å². The fourth-order valence-electron chi connectivity index (χ4n) is 8.54. The maximum atomic E-state index is 12.4. The maximum Gasteiger partial charge on any atom is 0.136 e. The Kier molecular flexibility index (Phi) is 5.67. The van der Waals surface area contributed by atoms with Crippen LogP contribution in [0.2, 0.25) is 0 Å². The number of fused-ring (bicyclic) bond motifs is 4. The van der Waals surface area contributed by atoms with Gasteiger partial charge in [0.25, 0.3) is 0 Å². The summed E-state index contributed by atoms with van der Waals surface area (Å²) >= 11 is 0. The van der Waals surface area contributed by atoms with E-state index in [0.29, 0.717) is 22.5 Å². The third-order valence-electron chi connectivity index (χ3n) is 10.2. The second kappa shape index (κ2) is 7.69. The molecule has 0 N–H and O–H groups in total. The van der Waals surface area contributed by atoms with Crippen molar-refractivity contribution in [2.45, 2.75) is 106 Å². The lowest BCUT2D eigenvalue weighted by Gasteiger charge is -2.55. The minimum absolute atomic E-state index is 0.280. The molecule has 1 heteroatoms. The molecular weight excluding hydrogens is 352 g/mol. The van der Waals surface area contributed by atoms with E-state index in [1.165, 1.54) is 56.9 Å². The third-order valence-corrected chi connectivity index (χ3v) is 10.2. The molecule has 0 radical (unpaired) electrons. The molecule has 2 fully saturated rings. The van der Waals surface area contributed by atoms with Crippen molar-refractivity contribution in [1.29, 1.82) is 0 Å². The molecule has 4 aliphatic carbocycles. The van der Waals surface area contributed by atoms with Crippen LogP contribution in [0.3, 0.4) is 0 Å². The minimum atomic E-state index is 0.280. The standard InChI is InChI=1S/C28H44O/c1-18(2)8-7-9-19(3)22-12-13-24-21-10-11-23-20(4)26(29)15-17-28(23,6)25(21)14-16-27(22,24)5/h8,19-20,22-24H,7,9-17H2,1-6H3/t19-,20+,22-,23?,24+,27-,28+/m1/s1. The predicted molar refractivity (Wildman–Crippen MR) is 123 cm³/mol. The summed E-state index contributed by atoms with van der Waals surface area (Å²) in [7, 11) is 0. The summed E-state index contributed by atoms with van der Waals surface area (Å²) in [4.78, 5) is 12.4. The highest BCUT2D eigenvalue weighted by Crippen LogP contribution is 2.66. The number of allylic oxidation sites excluding steroid dienone is 4. The lowest BCUT2D eigenvalue weighted by Crippen LogP contribution is -2.47. The number of rotatable bonds is 4. The number of Topliss-reactive ketones (excluding diaryl/α,β-unsaturated/α-hetero) is 1. The van der Waals surface area contributed by atoms with Crippen LogP contribution in [0.5, 0.6) is 0 Å². The van der Waals surface area contributed by atoms with Gasteiger partial charge in [0.05, 0.1) is 0 Å². The molecule has 0 aromatic heterocycles. The first kappa shape index (κ1) is 21.4. The van der Waals surface area contributed by atoms with E-state index < -0.39 is 0 Å². The van der Waals surface area contributed by atoms with E-state index >= 15 is 0 Å². The maximum absolute atomic E-state index is 12.4. The Hall–Kier alpha value is -0.850. The van der Waals surface area contributed by atoms with Crippen molar-refractivity contribution in [3.8, 4) is 0 Å². The smallest absolute Gasteiger partial charge is 0.136 e. The fraction of sp³-hybridized carbons (Fsp3) is 0.821. The molecule has 1 nitrogen and oxygen atoms in total. The molecule has 0 aliphatic heterocycles. The van der Waals surface area contributed by atoms with Gasteiger partial charge in [0.1, 0.15) is 5.78 Å². The zero-order chi connectivity index (χ0) is 21.0. The van der Waals surface area contributed by atoms with Crippen LogP contribution in [0.25, 0.3) is 0 Å². The van der Waals surface area contributed by atoms with E-state index in [0.717, 1.165) is 30.6 Å². The Balaban J connectivity index is 1.57. The average molecular weight is 397 g/mol. The van der Waals surface area contributed by atoms with Gasteiger partial charge >= 0.3 is 0 Å². The zero-order valence-corrected chi connectivity index (χ0v) is 19.9. The van der Waals surface area contributed by atoms with E-state index in [4.69, 9.17) is 0 Å². The molecule has 4 aliphatic rings. The molecule has 0 amide bonds.